The number of amides is 2. The first-order valence-corrected chi connectivity index (χ1v) is 8.38. The van der Waals surface area contributed by atoms with Crippen LogP contribution in [0.15, 0.2) is 29.3 Å². The smallest absolute Gasteiger partial charge is 0.253 e. The van der Waals surface area contributed by atoms with Gasteiger partial charge in [0.15, 0.2) is 5.96 Å². The molecule has 0 aliphatic rings. The number of likely N-dealkylation sites (N-methyl/N-ethyl adjacent to an activating group) is 1. The summed E-state index contributed by atoms with van der Waals surface area (Å²) in [6, 6.07) is 7.61. The van der Waals surface area contributed by atoms with Crippen LogP contribution in [-0.4, -0.2) is 75.4 Å². The van der Waals surface area contributed by atoms with Gasteiger partial charge in [-0.25, -0.2) is 4.99 Å². The average Bonchev–Trinajstić information content (AvgIpc) is 2.58. The van der Waals surface area contributed by atoms with Gasteiger partial charge in [0.05, 0.1) is 0 Å². The summed E-state index contributed by atoms with van der Waals surface area (Å²) in [5.41, 5.74) is 1.75. The van der Waals surface area contributed by atoms with Gasteiger partial charge < -0.3 is 20.4 Å². The number of benzene rings is 1. The first-order chi connectivity index (χ1) is 11.8. The van der Waals surface area contributed by atoms with Crippen molar-refractivity contribution in [3.8, 4) is 0 Å². The van der Waals surface area contributed by atoms with E-state index in [9.17, 15) is 9.59 Å². The lowest BCUT2D eigenvalue weighted by Gasteiger charge is -2.13. The molecule has 0 bridgehead atoms. The minimum absolute atomic E-state index is 0.00749. The predicted octanol–water partition coefficient (Wildman–Crippen LogP) is 0.574. The maximum absolute atomic E-state index is 12.0. The molecule has 1 aromatic rings. The van der Waals surface area contributed by atoms with Gasteiger partial charge in [0.1, 0.15) is 6.54 Å². The van der Waals surface area contributed by atoms with Crippen molar-refractivity contribution in [2.45, 2.75) is 13.3 Å². The second kappa shape index (κ2) is 10.3. The molecule has 0 unspecified atom stereocenters. The van der Waals surface area contributed by atoms with Gasteiger partial charge in [0.25, 0.3) is 5.91 Å². The summed E-state index contributed by atoms with van der Waals surface area (Å²) in [5.74, 6) is 0.553. The molecule has 138 valence electrons. The molecule has 25 heavy (non-hydrogen) atoms. The van der Waals surface area contributed by atoms with Gasteiger partial charge in [0, 0.05) is 46.8 Å². The van der Waals surface area contributed by atoms with Crippen molar-refractivity contribution in [3.63, 3.8) is 0 Å². The zero-order valence-electron chi connectivity index (χ0n) is 15.8. The Hall–Kier alpha value is -2.57. The number of guanidine groups is 1. The third-order valence-electron chi connectivity index (χ3n) is 3.50. The van der Waals surface area contributed by atoms with Crippen LogP contribution in [-0.2, 0) is 11.2 Å². The summed E-state index contributed by atoms with van der Waals surface area (Å²) in [6.07, 6.45) is 0.751. The Morgan fingerprint density at radius 2 is 1.80 bits per heavy atom. The van der Waals surface area contributed by atoms with Crippen LogP contribution in [0.4, 0.5) is 0 Å². The van der Waals surface area contributed by atoms with Crippen LogP contribution in [0.5, 0.6) is 0 Å². The maximum atomic E-state index is 12.0. The van der Waals surface area contributed by atoms with E-state index in [0.717, 1.165) is 18.5 Å². The van der Waals surface area contributed by atoms with E-state index in [4.69, 9.17) is 0 Å². The lowest BCUT2D eigenvalue weighted by atomic mass is 10.1. The van der Waals surface area contributed by atoms with Crippen LogP contribution in [0.1, 0.15) is 22.8 Å². The third kappa shape index (κ3) is 7.24. The quantitative estimate of drug-likeness (QED) is 0.559. The topological polar surface area (TPSA) is 77.0 Å². The highest BCUT2D eigenvalue weighted by Gasteiger charge is 2.08. The molecule has 0 atom stereocenters. The Balaban J connectivity index is 2.61. The summed E-state index contributed by atoms with van der Waals surface area (Å²) < 4.78 is 0. The first kappa shape index (κ1) is 20.5. The normalized spacial score (nSPS) is 11.0. The van der Waals surface area contributed by atoms with Crippen molar-refractivity contribution in [2.75, 3.05) is 47.8 Å². The van der Waals surface area contributed by atoms with Crippen LogP contribution < -0.4 is 10.6 Å². The Bertz CT molecular complexity index is 611. The molecule has 1 aromatic carbocycles. The summed E-state index contributed by atoms with van der Waals surface area (Å²) in [7, 11) is 6.90. The molecule has 7 heteroatoms. The molecule has 7 nitrogen and oxygen atoms in total. The van der Waals surface area contributed by atoms with E-state index < -0.39 is 0 Å². The van der Waals surface area contributed by atoms with E-state index in [1.54, 1.807) is 33.1 Å². The van der Waals surface area contributed by atoms with Crippen molar-refractivity contribution in [2.24, 2.45) is 4.99 Å². The largest absolute Gasteiger partial charge is 0.357 e. The number of hydrogen-bond acceptors (Lipinski definition) is 3. The van der Waals surface area contributed by atoms with Crippen molar-refractivity contribution in [3.05, 3.63) is 35.4 Å². The zero-order chi connectivity index (χ0) is 18.8. The molecule has 0 aliphatic heterocycles. The standard InChI is InChI=1S/C18H29N5O2/c1-6-19-18(21-13-16(24)22(2)3)20-11-10-14-8-7-9-15(12-14)17(25)23(4)5/h7-9,12H,6,10-11,13H2,1-5H3,(H2,19,20,21). The fourth-order valence-electron chi connectivity index (χ4n) is 2.07. The van der Waals surface area contributed by atoms with Crippen molar-refractivity contribution in [1.29, 1.82) is 0 Å². The molecule has 0 spiro atoms. The Morgan fingerprint density at radius 3 is 2.40 bits per heavy atom. The number of carbonyl (C=O) groups excluding carboxylic acids is 2. The molecule has 0 radical (unpaired) electrons. The number of carbonyl (C=O) groups is 2. The Labute approximate surface area is 150 Å². The fourth-order valence-corrected chi connectivity index (χ4v) is 2.07. The van der Waals surface area contributed by atoms with Crippen molar-refractivity contribution < 1.29 is 9.59 Å². The average molecular weight is 347 g/mol. The molecule has 0 saturated carbocycles. The molecule has 0 heterocycles. The van der Waals surface area contributed by atoms with Gasteiger partial charge in [-0.05, 0) is 31.0 Å². The van der Waals surface area contributed by atoms with Gasteiger partial charge in [-0.1, -0.05) is 12.1 Å². The van der Waals surface area contributed by atoms with Crippen molar-refractivity contribution >= 4 is 17.8 Å². The minimum Gasteiger partial charge on any atom is -0.357 e. The van der Waals surface area contributed by atoms with E-state index in [0.29, 0.717) is 18.1 Å². The monoisotopic (exact) mass is 347 g/mol. The Morgan fingerprint density at radius 1 is 1.08 bits per heavy atom. The first-order valence-electron chi connectivity index (χ1n) is 8.38. The highest BCUT2D eigenvalue weighted by Crippen LogP contribution is 2.07. The summed E-state index contributed by atoms with van der Waals surface area (Å²) in [6.45, 7) is 3.45. The number of nitrogens with one attached hydrogen (secondary N) is 2. The van der Waals surface area contributed by atoms with E-state index in [2.05, 4.69) is 15.6 Å². The number of hydrogen-bond donors (Lipinski definition) is 2. The zero-order valence-corrected chi connectivity index (χ0v) is 15.8. The molecule has 0 fully saturated rings. The van der Waals surface area contributed by atoms with Crippen molar-refractivity contribution in [1.82, 2.24) is 20.4 Å². The molecular formula is C18H29N5O2. The molecule has 0 saturated heterocycles. The summed E-state index contributed by atoms with van der Waals surface area (Å²) in [5, 5.41) is 6.32. The third-order valence-corrected chi connectivity index (χ3v) is 3.50. The summed E-state index contributed by atoms with van der Waals surface area (Å²) in [4.78, 5) is 31.0. The number of nitrogens with zero attached hydrogens (tertiary/aromatic N) is 3. The van der Waals surface area contributed by atoms with Gasteiger partial charge in [0.2, 0.25) is 5.91 Å². The maximum Gasteiger partial charge on any atom is 0.253 e. The van der Waals surface area contributed by atoms with E-state index in [1.807, 2.05) is 31.2 Å². The van der Waals surface area contributed by atoms with E-state index in [-0.39, 0.29) is 18.4 Å². The number of aliphatic imine (C=N–C) groups is 1. The van der Waals surface area contributed by atoms with Crippen LogP contribution >= 0.6 is 0 Å². The van der Waals surface area contributed by atoms with E-state index >= 15 is 0 Å². The van der Waals surface area contributed by atoms with Crippen LogP contribution in [0, 0.1) is 0 Å². The minimum atomic E-state index is -0.0490. The molecule has 2 N–H and O–H groups in total. The second-order valence-electron chi connectivity index (χ2n) is 6.06. The molecular weight excluding hydrogens is 318 g/mol. The van der Waals surface area contributed by atoms with Gasteiger partial charge in [-0.3, -0.25) is 9.59 Å². The highest BCUT2D eigenvalue weighted by atomic mass is 16.2. The Kier molecular flexibility index (Phi) is 8.46. The lowest BCUT2D eigenvalue weighted by Crippen LogP contribution is -2.39. The second-order valence-corrected chi connectivity index (χ2v) is 6.06. The highest BCUT2D eigenvalue weighted by molar-refractivity contribution is 5.94. The molecule has 0 aliphatic carbocycles. The molecule has 0 aromatic heterocycles. The van der Waals surface area contributed by atoms with Crippen LogP contribution in [0.25, 0.3) is 0 Å². The SMILES string of the molecule is CCNC(=NCC(=O)N(C)C)NCCc1cccc(C(=O)N(C)C)c1. The predicted molar refractivity (Wildman–Crippen MR) is 101 cm³/mol. The van der Waals surface area contributed by atoms with Gasteiger partial charge in [-0.15, -0.1) is 0 Å². The van der Waals surface area contributed by atoms with Crippen LogP contribution in [0.3, 0.4) is 0 Å². The summed E-state index contributed by atoms with van der Waals surface area (Å²) >= 11 is 0. The van der Waals surface area contributed by atoms with E-state index in [1.165, 1.54) is 4.90 Å². The van der Waals surface area contributed by atoms with Gasteiger partial charge in [-0.2, -0.15) is 0 Å². The lowest BCUT2D eigenvalue weighted by molar-refractivity contribution is -0.127. The fraction of sp³-hybridized carbons (Fsp3) is 0.500. The molecule has 2 amide bonds. The van der Waals surface area contributed by atoms with Gasteiger partial charge >= 0.3 is 0 Å². The van der Waals surface area contributed by atoms with Crippen LogP contribution in [0.2, 0.25) is 0 Å². The number of rotatable bonds is 7. The molecule has 1 rings (SSSR count).